The fraction of sp³-hybridized carbons (Fsp3) is 0.0833. The average molecular weight is 1260 g/mol. The number of sulfone groups is 1. The van der Waals surface area contributed by atoms with Crippen LogP contribution in [0.15, 0.2) is 277 Å². The molecule has 0 atom stereocenters. The van der Waals surface area contributed by atoms with E-state index in [1.165, 1.54) is 36.4 Å². The second kappa shape index (κ2) is 28.8. The molecule has 8 N–H and O–H groups in total. The van der Waals surface area contributed by atoms with Crippen molar-refractivity contribution in [2.24, 2.45) is 0 Å². The molecular weight excluding hydrogens is 1190 g/mol. The third-order valence-electron chi connectivity index (χ3n) is 13.4. The second-order valence-corrected chi connectivity index (χ2v) is 22.2. The standard InChI is InChI=1S/C28H21F6NO2.C25H21NO4S.C18H16N2O2.CH4/c1-18-2-10-22(11-3-18)36-23-12-4-19(5-13-23)26(27(29,30)31,28(32,33)34)20-6-14-24(15-7-20)37-25-16-8-21(35)9-17-25;1-18-4-2-6-22(16-18)29-20-8-12-24(13-9-20)31(27,28)25-14-10-21(11-15-25)30-23-7-3-5-19(26)17-23;19-13-4-1-6-15(10-13)21-17-8-3-9-18(12-17)22-16-7-2-5-14(20)11-16;/h2-17H,35H2,1H3;2-17H,26H2,1H3;1-12H,19-20H2;1H4. The van der Waals surface area contributed by atoms with Crippen LogP contribution in [0, 0.1) is 13.8 Å². The first-order valence-electron chi connectivity index (χ1n) is 27.5. The number of aryl methyl sites for hydroxylation is 2. The summed E-state index contributed by atoms with van der Waals surface area (Å²) in [4.78, 5) is 0.369. The fourth-order valence-electron chi connectivity index (χ4n) is 9.01. The van der Waals surface area contributed by atoms with Crippen molar-refractivity contribution < 1.29 is 63.2 Å². The zero-order valence-corrected chi connectivity index (χ0v) is 49.0. The van der Waals surface area contributed by atoms with Crippen LogP contribution < -0.4 is 51.4 Å². The number of anilines is 4. The molecule has 0 spiro atoms. The Morgan fingerprint density at radius 3 is 0.879 bits per heavy atom. The molecule has 0 fully saturated rings. The van der Waals surface area contributed by atoms with E-state index in [0.717, 1.165) is 59.7 Å². The maximum atomic E-state index is 14.4. The Balaban J connectivity index is 0.000000180. The van der Waals surface area contributed by atoms with Crippen LogP contribution in [0.2, 0.25) is 0 Å². The molecule has 0 aliphatic carbocycles. The van der Waals surface area contributed by atoms with Crippen LogP contribution in [-0.2, 0) is 15.3 Å². The van der Waals surface area contributed by atoms with Crippen LogP contribution in [0.4, 0.5) is 49.1 Å². The molecule has 0 unspecified atom stereocenters. The highest BCUT2D eigenvalue weighted by Gasteiger charge is 2.72. The number of hydrogen-bond acceptors (Lipinski definition) is 12. The van der Waals surface area contributed by atoms with Gasteiger partial charge in [-0.3, -0.25) is 0 Å². The Morgan fingerprint density at radius 2 is 0.549 bits per heavy atom. The lowest BCUT2D eigenvalue weighted by atomic mass is 9.73. The quantitative estimate of drug-likeness (QED) is 0.0529. The molecule has 11 rings (SSSR count). The summed E-state index contributed by atoms with van der Waals surface area (Å²) in [5.41, 5.74) is 21.0. The minimum absolute atomic E-state index is 0. The van der Waals surface area contributed by atoms with Gasteiger partial charge in [0.05, 0.1) is 9.79 Å². The zero-order chi connectivity index (χ0) is 64.1. The number of rotatable bonds is 16. The summed E-state index contributed by atoms with van der Waals surface area (Å²) in [6.45, 7) is 3.84. The predicted molar refractivity (Wildman–Crippen MR) is 344 cm³/mol. The summed E-state index contributed by atoms with van der Waals surface area (Å²) >= 11 is 0. The monoisotopic (exact) mass is 1260 g/mol. The van der Waals surface area contributed by atoms with E-state index >= 15 is 0 Å². The molecule has 0 heterocycles. The number of halogens is 6. The molecule has 0 saturated carbocycles. The van der Waals surface area contributed by atoms with Gasteiger partial charge in [0.25, 0.3) is 0 Å². The van der Waals surface area contributed by atoms with Crippen molar-refractivity contribution in [2.75, 3.05) is 22.9 Å². The van der Waals surface area contributed by atoms with Gasteiger partial charge in [-0.25, -0.2) is 8.42 Å². The Bertz CT molecular complexity index is 4020. The molecule has 0 amide bonds. The van der Waals surface area contributed by atoms with Crippen LogP contribution in [-0.4, -0.2) is 20.8 Å². The van der Waals surface area contributed by atoms with Crippen molar-refractivity contribution in [2.45, 2.75) is 48.8 Å². The van der Waals surface area contributed by atoms with E-state index in [4.69, 9.17) is 51.4 Å². The van der Waals surface area contributed by atoms with Crippen molar-refractivity contribution in [1.29, 1.82) is 0 Å². The van der Waals surface area contributed by atoms with Gasteiger partial charge in [-0.1, -0.05) is 85.8 Å². The topological polar surface area (TPSA) is 194 Å². The fourth-order valence-corrected chi connectivity index (χ4v) is 10.3. The zero-order valence-electron chi connectivity index (χ0n) is 48.2. The number of nitrogens with two attached hydrogens (primary N) is 4. The maximum absolute atomic E-state index is 14.4. The first kappa shape index (κ1) is 65.9. The highest BCUT2D eigenvalue weighted by molar-refractivity contribution is 7.91. The summed E-state index contributed by atoms with van der Waals surface area (Å²) in [5.74, 6) is 5.96. The molecule has 466 valence electrons. The molecule has 11 aromatic rings. The van der Waals surface area contributed by atoms with Crippen LogP contribution in [0.25, 0.3) is 0 Å². The van der Waals surface area contributed by atoms with Gasteiger partial charge in [-0.05, 0) is 200 Å². The van der Waals surface area contributed by atoms with E-state index in [1.807, 2.05) is 98.8 Å². The van der Waals surface area contributed by atoms with Crippen LogP contribution in [0.1, 0.15) is 29.7 Å². The Morgan fingerprint density at radius 1 is 0.286 bits per heavy atom. The Kier molecular flexibility index (Phi) is 20.9. The highest BCUT2D eigenvalue weighted by Crippen LogP contribution is 2.56. The Labute approximate surface area is 523 Å². The maximum Gasteiger partial charge on any atom is 0.411 e. The summed E-state index contributed by atoms with van der Waals surface area (Å²) in [6, 6.07) is 69.6. The summed E-state index contributed by atoms with van der Waals surface area (Å²) in [7, 11) is -3.66. The molecule has 11 aromatic carbocycles. The number of alkyl halides is 6. The molecule has 0 aliphatic heterocycles. The molecule has 91 heavy (non-hydrogen) atoms. The molecule has 0 radical (unpaired) electrons. The van der Waals surface area contributed by atoms with E-state index in [-0.39, 0.29) is 28.7 Å². The van der Waals surface area contributed by atoms with Crippen molar-refractivity contribution in [3.8, 4) is 69.0 Å². The minimum Gasteiger partial charge on any atom is -0.457 e. The summed E-state index contributed by atoms with van der Waals surface area (Å²) in [6.07, 6.45) is -11.4. The lowest BCUT2D eigenvalue weighted by molar-refractivity contribution is -0.288. The van der Waals surface area contributed by atoms with Crippen molar-refractivity contribution in [3.63, 3.8) is 0 Å². The third-order valence-corrected chi connectivity index (χ3v) is 15.2. The first-order valence-corrected chi connectivity index (χ1v) is 29.0. The van der Waals surface area contributed by atoms with Gasteiger partial charge in [0.2, 0.25) is 15.3 Å². The predicted octanol–water partition coefficient (Wildman–Crippen LogP) is 19.6. The van der Waals surface area contributed by atoms with Crippen LogP contribution in [0.5, 0.6) is 69.0 Å². The van der Waals surface area contributed by atoms with E-state index < -0.39 is 38.7 Å². The average Bonchev–Trinajstić information content (AvgIpc) is 0.723. The molecule has 0 aromatic heterocycles. The largest absolute Gasteiger partial charge is 0.457 e. The third kappa shape index (κ3) is 17.2. The molecule has 12 nitrogen and oxygen atoms in total. The van der Waals surface area contributed by atoms with E-state index in [9.17, 15) is 34.8 Å². The second-order valence-electron chi connectivity index (χ2n) is 20.2. The van der Waals surface area contributed by atoms with Gasteiger partial charge in [-0.15, -0.1) is 0 Å². The Hall–Kier alpha value is -11.1. The number of nitrogen functional groups attached to an aromatic ring is 4. The SMILES string of the molecule is C.Cc1ccc(Oc2ccc(C(c3ccc(Oc4ccc(N)cc4)cc3)(C(F)(F)F)C(F)(F)F)cc2)cc1.Cc1cccc(Oc2ccc(S(=O)(=O)c3ccc(Oc4cccc(N)c4)cc3)cc2)c1.Nc1cccc(Oc2cccc(Oc3cccc(N)c3)c2)c1. The van der Waals surface area contributed by atoms with Crippen molar-refractivity contribution in [3.05, 3.63) is 289 Å². The number of hydrogen-bond donors (Lipinski definition) is 4. The van der Waals surface area contributed by atoms with E-state index in [1.54, 1.807) is 97.1 Å². The van der Waals surface area contributed by atoms with Gasteiger partial charge in [0.15, 0.2) is 0 Å². The smallest absolute Gasteiger partial charge is 0.411 e. The normalized spacial score (nSPS) is 11.3. The van der Waals surface area contributed by atoms with Gasteiger partial charge in [-0.2, -0.15) is 26.3 Å². The van der Waals surface area contributed by atoms with Crippen molar-refractivity contribution in [1.82, 2.24) is 0 Å². The molecule has 0 bridgehead atoms. The summed E-state index contributed by atoms with van der Waals surface area (Å²) in [5, 5.41) is 0. The molecule has 19 heteroatoms. The molecule has 0 aliphatic rings. The van der Waals surface area contributed by atoms with Gasteiger partial charge in [0.1, 0.15) is 69.0 Å². The highest BCUT2D eigenvalue weighted by atomic mass is 32.2. The van der Waals surface area contributed by atoms with Crippen LogP contribution in [0.3, 0.4) is 0 Å². The van der Waals surface area contributed by atoms with Gasteiger partial charge >= 0.3 is 12.4 Å². The van der Waals surface area contributed by atoms with Gasteiger partial charge < -0.3 is 51.4 Å². The number of ether oxygens (including phenoxy) is 6. The van der Waals surface area contributed by atoms with Crippen LogP contribution >= 0.6 is 0 Å². The van der Waals surface area contributed by atoms with E-state index in [0.29, 0.717) is 80.2 Å². The molecule has 0 saturated heterocycles. The number of benzene rings is 11. The molecular formula is C72H62F6N4O8S. The lowest BCUT2D eigenvalue weighted by Crippen LogP contribution is -2.54. The van der Waals surface area contributed by atoms with E-state index in [2.05, 4.69) is 0 Å². The first-order chi connectivity index (χ1) is 43.0. The summed E-state index contributed by atoms with van der Waals surface area (Å²) < 4.78 is 147. The van der Waals surface area contributed by atoms with Crippen molar-refractivity contribution >= 4 is 32.6 Å². The van der Waals surface area contributed by atoms with Gasteiger partial charge in [0, 0.05) is 47.0 Å². The lowest BCUT2D eigenvalue weighted by Gasteiger charge is -2.38. The minimum atomic E-state index is -5.70.